The lowest BCUT2D eigenvalue weighted by molar-refractivity contribution is 0.0839. The highest BCUT2D eigenvalue weighted by molar-refractivity contribution is 6.30. The van der Waals surface area contributed by atoms with Gasteiger partial charge in [0, 0.05) is 31.4 Å². The number of hydrogen-bond donors (Lipinski definition) is 1. The number of hydrogen-bond acceptors (Lipinski definition) is 7. The number of β-amino-alcohol motifs (C(OH)–C–C–N with tert-alkyl or cyclic N) is 1. The van der Waals surface area contributed by atoms with Crippen molar-refractivity contribution in [1.29, 1.82) is 0 Å². The zero-order valence-corrected chi connectivity index (χ0v) is 21.5. The molecule has 1 saturated heterocycles. The zero-order chi connectivity index (χ0) is 27.6. The molecule has 0 bridgehead atoms. The Kier molecular flexibility index (Phi) is 5.70. The zero-order valence-electron chi connectivity index (χ0n) is 20.7. The highest BCUT2D eigenvalue weighted by atomic mass is 35.5. The fraction of sp³-hybridized carbons (Fsp3) is 0.231. The van der Waals surface area contributed by atoms with E-state index in [1.807, 2.05) is 4.90 Å². The normalized spacial score (nSPS) is 17.4. The summed E-state index contributed by atoms with van der Waals surface area (Å²) in [6.07, 6.45) is 3.11. The van der Waals surface area contributed by atoms with Gasteiger partial charge in [0.15, 0.2) is 0 Å². The van der Waals surface area contributed by atoms with E-state index < -0.39 is 28.5 Å². The van der Waals surface area contributed by atoms with Crippen LogP contribution in [0.25, 0.3) is 28.1 Å². The van der Waals surface area contributed by atoms with Gasteiger partial charge in [-0.3, -0.25) is 13.8 Å². The molecule has 4 aromatic heterocycles. The molecule has 0 radical (unpaired) electrons. The number of nitrogens with zero attached hydrogens (tertiary/aromatic N) is 6. The van der Waals surface area contributed by atoms with E-state index in [1.165, 1.54) is 46.7 Å². The standard InChI is InChI=1S/C26H21ClF2N6O4/c1-26(38)6-8-32(13-26)20-11-18-22(23(31-20)39-2)24(36)35(21-12-30-19-9-14(28)5-7-33(19)21)25(37)34(18)15-3-4-17(29)16(27)10-15/h3-5,7,9-12,38H,6,8,13H2,1-2H3. The molecule has 13 heteroatoms. The highest BCUT2D eigenvalue weighted by Gasteiger charge is 2.33. The third kappa shape index (κ3) is 4.03. The number of aromatic nitrogens is 5. The van der Waals surface area contributed by atoms with Crippen LogP contribution >= 0.6 is 11.6 Å². The molecule has 1 unspecified atom stereocenters. The van der Waals surface area contributed by atoms with Crippen LogP contribution in [-0.2, 0) is 0 Å². The molecule has 200 valence electrons. The largest absolute Gasteiger partial charge is 0.480 e. The van der Waals surface area contributed by atoms with Crippen LogP contribution in [-0.4, -0.2) is 54.4 Å². The quantitative estimate of drug-likeness (QED) is 0.364. The lowest BCUT2D eigenvalue weighted by Gasteiger charge is -2.22. The minimum absolute atomic E-state index is 0.0377. The third-order valence-corrected chi connectivity index (χ3v) is 7.10. The monoisotopic (exact) mass is 554 g/mol. The second kappa shape index (κ2) is 8.89. The molecule has 6 rings (SSSR count). The predicted molar refractivity (Wildman–Crippen MR) is 141 cm³/mol. The Labute approximate surface area is 223 Å². The van der Waals surface area contributed by atoms with Crippen molar-refractivity contribution in [3.63, 3.8) is 0 Å². The van der Waals surface area contributed by atoms with Gasteiger partial charge in [-0.15, -0.1) is 0 Å². The Morgan fingerprint density at radius 2 is 1.92 bits per heavy atom. The first kappa shape index (κ1) is 25.0. The number of methoxy groups -OCH3 is 1. The Bertz CT molecular complexity index is 1920. The molecule has 1 aliphatic heterocycles. The van der Waals surface area contributed by atoms with Crippen molar-refractivity contribution < 1.29 is 18.6 Å². The summed E-state index contributed by atoms with van der Waals surface area (Å²) in [5.74, 6) is -0.863. The highest BCUT2D eigenvalue weighted by Crippen LogP contribution is 2.31. The number of imidazole rings is 1. The molecule has 0 amide bonds. The summed E-state index contributed by atoms with van der Waals surface area (Å²) in [5.41, 5.74) is -2.02. The van der Waals surface area contributed by atoms with Crippen molar-refractivity contribution >= 4 is 34.0 Å². The van der Waals surface area contributed by atoms with Crippen LogP contribution in [0.1, 0.15) is 13.3 Å². The number of benzene rings is 1. The Balaban J connectivity index is 1.73. The van der Waals surface area contributed by atoms with E-state index in [2.05, 4.69) is 9.97 Å². The van der Waals surface area contributed by atoms with E-state index in [1.54, 1.807) is 13.0 Å². The molecule has 5 aromatic rings. The van der Waals surface area contributed by atoms with Gasteiger partial charge < -0.3 is 14.7 Å². The molecule has 1 fully saturated rings. The van der Waals surface area contributed by atoms with Crippen LogP contribution in [0, 0.1) is 11.6 Å². The van der Waals surface area contributed by atoms with Crippen molar-refractivity contribution in [2.45, 2.75) is 18.9 Å². The summed E-state index contributed by atoms with van der Waals surface area (Å²) >= 11 is 6.07. The van der Waals surface area contributed by atoms with Gasteiger partial charge in [-0.2, -0.15) is 4.98 Å². The maximum Gasteiger partial charge on any atom is 0.342 e. The lowest BCUT2D eigenvalue weighted by atomic mass is 10.1. The second-order valence-corrected chi connectivity index (χ2v) is 10.0. The fourth-order valence-corrected chi connectivity index (χ4v) is 5.08. The van der Waals surface area contributed by atoms with Crippen molar-refractivity contribution in [1.82, 2.24) is 23.5 Å². The van der Waals surface area contributed by atoms with E-state index >= 15 is 0 Å². The first-order chi connectivity index (χ1) is 18.6. The summed E-state index contributed by atoms with van der Waals surface area (Å²) in [5, 5.41) is 10.2. The molecule has 0 saturated carbocycles. The smallest absolute Gasteiger partial charge is 0.342 e. The Morgan fingerprint density at radius 1 is 1.13 bits per heavy atom. The predicted octanol–water partition coefficient (Wildman–Crippen LogP) is 3.09. The minimum atomic E-state index is -0.944. The van der Waals surface area contributed by atoms with Crippen molar-refractivity contribution in [3.8, 4) is 17.4 Å². The number of halogens is 3. The molecule has 39 heavy (non-hydrogen) atoms. The van der Waals surface area contributed by atoms with E-state index in [9.17, 15) is 23.5 Å². The molecule has 1 N–H and O–H groups in total. The van der Waals surface area contributed by atoms with Crippen LogP contribution in [0.5, 0.6) is 5.88 Å². The molecule has 1 aliphatic rings. The summed E-state index contributed by atoms with van der Waals surface area (Å²) in [7, 11) is 1.34. The number of aliphatic hydroxyl groups is 1. The van der Waals surface area contributed by atoms with Gasteiger partial charge in [-0.05, 0) is 37.6 Å². The lowest BCUT2D eigenvalue weighted by Crippen LogP contribution is -2.39. The maximum atomic E-state index is 14.1. The first-order valence-corrected chi connectivity index (χ1v) is 12.3. The maximum absolute atomic E-state index is 14.1. The number of fused-ring (bicyclic) bond motifs is 2. The van der Waals surface area contributed by atoms with Crippen molar-refractivity contribution in [2.75, 3.05) is 25.1 Å². The van der Waals surface area contributed by atoms with Gasteiger partial charge in [0.05, 0.1) is 35.1 Å². The van der Waals surface area contributed by atoms with Gasteiger partial charge in [0.25, 0.3) is 5.56 Å². The van der Waals surface area contributed by atoms with Crippen LogP contribution < -0.4 is 20.9 Å². The van der Waals surface area contributed by atoms with E-state index in [0.29, 0.717) is 18.8 Å². The Morgan fingerprint density at radius 3 is 2.62 bits per heavy atom. The number of ether oxygens (including phenoxy) is 1. The summed E-state index contributed by atoms with van der Waals surface area (Å²) < 4.78 is 36.9. The van der Waals surface area contributed by atoms with Crippen LogP contribution in [0.2, 0.25) is 5.02 Å². The summed E-state index contributed by atoms with van der Waals surface area (Å²) in [6, 6.07) is 7.61. The fourth-order valence-electron chi connectivity index (χ4n) is 4.91. The molecule has 0 aliphatic carbocycles. The van der Waals surface area contributed by atoms with Crippen LogP contribution in [0.3, 0.4) is 0 Å². The molecule has 1 aromatic carbocycles. The summed E-state index contributed by atoms with van der Waals surface area (Å²) in [4.78, 5) is 38.5. The summed E-state index contributed by atoms with van der Waals surface area (Å²) in [6.45, 7) is 2.47. The number of rotatable bonds is 4. The Hall–Kier alpha value is -4.29. The van der Waals surface area contributed by atoms with Gasteiger partial charge >= 0.3 is 5.69 Å². The van der Waals surface area contributed by atoms with Gasteiger partial charge in [-0.25, -0.2) is 23.1 Å². The molecule has 10 nitrogen and oxygen atoms in total. The van der Waals surface area contributed by atoms with Gasteiger partial charge in [-0.1, -0.05) is 11.6 Å². The third-order valence-electron chi connectivity index (χ3n) is 6.81. The minimum Gasteiger partial charge on any atom is -0.480 e. The van der Waals surface area contributed by atoms with Crippen molar-refractivity contribution in [2.24, 2.45) is 0 Å². The van der Waals surface area contributed by atoms with Gasteiger partial charge in [0.1, 0.15) is 34.3 Å². The molecular weight excluding hydrogens is 534 g/mol. The van der Waals surface area contributed by atoms with Crippen LogP contribution in [0.4, 0.5) is 14.6 Å². The van der Waals surface area contributed by atoms with Gasteiger partial charge in [0.2, 0.25) is 5.88 Å². The topological polar surface area (TPSA) is 107 Å². The molecule has 5 heterocycles. The second-order valence-electron chi connectivity index (χ2n) is 9.60. The first-order valence-electron chi connectivity index (χ1n) is 11.9. The molecule has 1 atom stereocenters. The van der Waals surface area contributed by atoms with E-state index in [-0.39, 0.29) is 45.5 Å². The van der Waals surface area contributed by atoms with Crippen LogP contribution in [0.15, 0.2) is 58.4 Å². The molecule has 0 spiro atoms. The van der Waals surface area contributed by atoms with Crippen molar-refractivity contribution in [3.05, 3.63) is 86.3 Å². The number of anilines is 1. The van der Waals surface area contributed by atoms with E-state index in [4.69, 9.17) is 16.3 Å². The van der Waals surface area contributed by atoms with E-state index in [0.717, 1.165) is 16.7 Å². The molecular formula is C26H21ClF2N6O4. The average Bonchev–Trinajstić information content (AvgIpc) is 3.47. The number of pyridine rings is 2. The SMILES string of the molecule is COc1nc(N2CCC(C)(O)C2)cc2c1c(=O)n(-c1cnc3cc(F)ccn13)c(=O)n2-c1ccc(F)c(Cl)c1. The average molecular weight is 555 g/mol.